The number of amides is 1. The lowest BCUT2D eigenvalue weighted by Crippen LogP contribution is -2.17. The largest absolute Gasteiger partial charge is 0.573 e. The van der Waals surface area contributed by atoms with Gasteiger partial charge >= 0.3 is 6.36 Å². The van der Waals surface area contributed by atoms with Crippen LogP contribution in [0.3, 0.4) is 0 Å². The Bertz CT molecular complexity index is 1270. The number of carbonyl (C=O) groups excluding carboxylic acids is 1. The molecule has 2 aromatic carbocycles. The third-order valence-electron chi connectivity index (χ3n) is 4.23. The zero-order valence-electron chi connectivity index (χ0n) is 17.5. The Morgan fingerprint density at radius 3 is 2.36 bits per heavy atom. The van der Waals surface area contributed by atoms with Gasteiger partial charge in [-0.3, -0.25) is 14.8 Å². The van der Waals surface area contributed by atoms with E-state index in [1.54, 1.807) is 13.0 Å². The molecular weight excluding hydrogens is 467 g/mol. The Morgan fingerprint density at radius 1 is 1.12 bits per heavy atom. The van der Waals surface area contributed by atoms with Gasteiger partial charge in [0.25, 0.3) is 10.0 Å². The Kier molecular flexibility index (Phi) is 6.53. The predicted molar refractivity (Wildman–Crippen MR) is 111 cm³/mol. The van der Waals surface area contributed by atoms with Gasteiger partial charge in [0.05, 0.1) is 18.4 Å². The summed E-state index contributed by atoms with van der Waals surface area (Å²) in [4.78, 5) is 11.2. The summed E-state index contributed by atoms with van der Waals surface area (Å²) in [7, 11) is -2.96. The van der Waals surface area contributed by atoms with Crippen LogP contribution in [0.5, 0.6) is 11.5 Å². The van der Waals surface area contributed by atoms with E-state index in [1.165, 1.54) is 26.2 Å². The third-order valence-corrected chi connectivity index (χ3v) is 5.64. The van der Waals surface area contributed by atoms with Gasteiger partial charge in [0, 0.05) is 12.6 Å². The van der Waals surface area contributed by atoms with E-state index < -0.39 is 28.0 Å². The summed E-state index contributed by atoms with van der Waals surface area (Å²) >= 11 is 0. The smallest absolute Gasteiger partial charge is 0.495 e. The van der Waals surface area contributed by atoms with Crippen molar-refractivity contribution in [2.24, 2.45) is 0 Å². The third kappa shape index (κ3) is 5.74. The van der Waals surface area contributed by atoms with Crippen LogP contribution in [-0.2, 0) is 14.8 Å². The lowest BCUT2D eigenvalue weighted by molar-refractivity contribution is -0.274. The highest BCUT2D eigenvalue weighted by Gasteiger charge is 2.31. The average Bonchev–Trinajstić information content (AvgIpc) is 3.07. The van der Waals surface area contributed by atoms with E-state index in [-0.39, 0.29) is 22.2 Å². The number of nitrogens with zero attached hydrogens (tertiary/aromatic N) is 1. The summed E-state index contributed by atoms with van der Waals surface area (Å²) < 4.78 is 79.4. The maximum Gasteiger partial charge on any atom is 0.573 e. The fourth-order valence-electron chi connectivity index (χ4n) is 2.93. The second-order valence-corrected chi connectivity index (χ2v) is 8.35. The summed E-state index contributed by atoms with van der Waals surface area (Å²) in [6.07, 6.45) is -4.87. The van der Waals surface area contributed by atoms with E-state index in [9.17, 15) is 26.4 Å². The number of anilines is 2. The van der Waals surface area contributed by atoms with Crippen molar-refractivity contribution >= 4 is 27.5 Å². The number of carbonyl (C=O) groups is 1. The fraction of sp³-hybridized carbons (Fsp3) is 0.200. The van der Waals surface area contributed by atoms with Crippen molar-refractivity contribution in [1.29, 1.82) is 0 Å². The van der Waals surface area contributed by atoms with Crippen molar-refractivity contribution in [3.05, 3.63) is 48.2 Å². The molecule has 0 fully saturated rings. The predicted octanol–water partition coefficient (Wildman–Crippen LogP) is 4.32. The van der Waals surface area contributed by atoms with Crippen molar-refractivity contribution in [2.75, 3.05) is 17.1 Å². The Hall–Kier alpha value is -3.74. The summed E-state index contributed by atoms with van der Waals surface area (Å²) in [5.41, 5.74) is 1.14. The lowest BCUT2D eigenvalue weighted by Gasteiger charge is -2.14. The van der Waals surface area contributed by atoms with E-state index in [0.29, 0.717) is 16.8 Å². The molecule has 0 aliphatic carbocycles. The van der Waals surface area contributed by atoms with Crippen LogP contribution >= 0.6 is 0 Å². The van der Waals surface area contributed by atoms with Crippen LogP contribution in [0.4, 0.5) is 24.7 Å². The number of halogens is 3. The van der Waals surface area contributed by atoms with Gasteiger partial charge in [-0.15, -0.1) is 13.2 Å². The van der Waals surface area contributed by atoms with Gasteiger partial charge in [0.2, 0.25) is 11.8 Å². The number of hydrogen-bond acceptors (Lipinski definition) is 7. The van der Waals surface area contributed by atoms with Crippen molar-refractivity contribution in [2.45, 2.75) is 25.1 Å². The number of aryl methyl sites for hydroxylation is 1. The first-order valence-electron chi connectivity index (χ1n) is 9.20. The molecule has 33 heavy (non-hydrogen) atoms. The van der Waals surface area contributed by atoms with E-state index >= 15 is 0 Å². The second-order valence-electron chi connectivity index (χ2n) is 6.70. The molecule has 0 bridgehead atoms. The number of benzene rings is 2. The number of methoxy groups -OCH3 is 1. The summed E-state index contributed by atoms with van der Waals surface area (Å²) in [5.74, 6) is -0.855. The molecule has 0 atom stereocenters. The fourth-order valence-corrected chi connectivity index (χ4v) is 4.19. The highest BCUT2D eigenvalue weighted by Crippen LogP contribution is 2.36. The molecule has 0 aliphatic rings. The Labute approximate surface area is 186 Å². The van der Waals surface area contributed by atoms with Crippen LogP contribution in [0, 0.1) is 6.92 Å². The van der Waals surface area contributed by atoms with Gasteiger partial charge in [-0.1, -0.05) is 11.2 Å². The first-order chi connectivity index (χ1) is 15.4. The number of alkyl halides is 3. The molecule has 0 unspecified atom stereocenters. The number of aromatic nitrogens is 1. The Balaban J connectivity index is 1.97. The number of ether oxygens (including phenoxy) is 2. The first-order valence-corrected chi connectivity index (χ1v) is 10.7. The van der Waals surface area contributed by atoms with Crippen LogP contribution in [0.2, 0.25) is 0 Å². The van der Waals surface area contributed by atoms with Gasteiger partial charge in [-0.2, -0.15) is 0 Å². The normalized spacial score (nSPS) is 11.7. The number of rotatable bonds is 7. The molecule has 0 aliphatic heterocycles. The van der Waals surface area contributed by atoms with Gasteiger partial charge in [0.1, 0.15) is 16.4 Å². The van der Waals surface area contributed by atoms with E-state index in [0.717, 1.165) is 24.3 Å². The summed E-state index contributed by atoms with van der Waals surface area (Å²) in [6, 6.07) is 8.45. The minimum atomic E-state index is -4.87. The molecular formula is C20H18F3N3O6S. The zero-order chi connectivity index (χ0) is 24.4. The lowest BCUT2D eigenvalue weighted by atomic mass is 10.1. The van der Waals surface area contributed by atoms with Gasteiger partial charge in [-0.25, -0.2) is 8.42 Å². The molecule has 3 rings (SSSR count). The monoisotopic (exact) mass is 485 g/mol. The molecule has 0 radical (unpaired) electrons. The van der Waals surface area contributed by atoms with Crippen LogP contribution in [0.1, 0.15) is 12.6 Å². The summed E-state index contributed by atoms with van der Waals surface area (Å²) in [5, 5.41) is 6.29. The molecule has 9 nitrogen and oxygen atoms in total. The molecule has 0 saturated carbocycles. The highest BCUT2D eigenvalue weighted by molar-refractivity contribution is 7.92. The van der Waals surface area contributed by atoms with Crippen molar-refractivity contribution < 1.29 is 40.4 Å². The van der Waals surface area contributed by atoms with Crippen molar-refractivity contribution in [3.8, 4) is 22.6 Å². The van der Waals surface area contributed by atoms with Crippen LogP contribution in [-0.4, -0.2) is 33.0 Å². The van der Waals surface area contributed by atoms with E-state index in [1.807, 2.05) is 0 Å². The topological polar surface area (TPSA) is 120 Å². The van der Waals surface area contributed by atoms with Gasteiger partial charge < -0.3 is 14.0 Å². The van der Waals surface area contributed by atoms with Crippen molar-refractivity contribution in [1.82, 2.24) is 5.16 Å². The Morgan fingerprint density at radius 2 is 1.79 bits per heavy atom. The number of nitrogens with one attached hydrogen (secondary N) is 2. The molecule has 13 heteroatoms. The molecule has 1 amide bonds. The van der Waals surface area contributed by atoms with E-state index in [4.69, 9.17) is 9.26 Å². The van der Waals surface area contributed by atoms with Crippen molar-refractivity contribution in [3.63, 3.8) is 0 Å². The van der Waals surface area contributed by atoms with Crippen LogP contribution in [0.25, 0.3) is 11.1 Å². The maximum atomic E-state index is 13.1. The van der Waals surface area contributed by atoms with E-state index in [2.05, 4.69) is 19.9 Å². The highest BCUT2D eigenvalue weighted by atomic mass is 32.2. The molecule has 176 valence electrons. The molecule has 3 aromatic rings. The summed E-state index contributed by atoms with van der Waals surface area (Å²) in [6.45, 7) is 2.89. The molecule has 0 spiro atoms. The minimum Gasteiger partial charge on any atom is -0.495 e. The molecule has 1 aromatic heterocycles. The molecule has 2 N–H and O–H groups in total. The maximum absolute atomic E-state index is 13.1. The quantitative estimate of drug-likeness (QED) is 0.512. The van der Waals surface area contributed by atoms with Gasteiger partial charge in [-0.05, 0) is 48.9 Å². The van der Waals surface area contributed by atoms with Crippen LogP contribution < -0.4 is 19.5 Å². The number of sulfonamides is 1. The second kappa shape index (κ2) is 9.02. The zero-order valence-corrected chi connectivity index (χ0v) is 18.3. The molecule has 1 heterocycles. The first kappa shape index (κ1) is 23.9. The van der Waals surface area contributed by atoms with Gasteiger partial charge in [0.15, 0.2) is 0 Å². The standard InChI is InChI=1S/C20H18F3N3O6S/c1-11-18(19(32-25-11)24-12(2)27)13-4-9-16(30-3)17(10-13)33(28,29)26-14-5-7-15(8-6-14)31-20(21,22)23/h4-10,26H,1-3H3,(H,24,27). The van der Waals surface area contributed by atoms with Crippen LogP contribution in [0.15, 0.2) is 51.9 Å². The minimum absolute atomic E-state index is 0.00271. The number of hydrogen-bond donors (Lipinski definition) is 2. The SMILES string of the molecule is COc1ccc(-c2c(C)noc2NC(C)=O)cc1S(=O)(=O)Nc1ccc(OC(F)(F)F)cc1. The average molecular weight is 485 g/mol. The molecule has 0 saturated heterocycles.